The third-order valence-electron chi connectivity index (χ3n) is 4.11. The Morgan fingerprint density at radius 1 is 1.38 bits per heavy atom. The van der Waals surface area contributed by atoms with Crippen molar-refractivity contribution in [1.82, 2.24) is 10.2 Å². The van der Waals surface area contributed by atoms with E-state index in [1.54, 1.807) is 19.2 Å². The number of carbonyl (C=O) groups excluding carboxylic acids is 2. The lowest BCUT2D eigenvalue weighted by Crippen LogP contribution is -2.49. The fraction of sp³-hybridized carbons (Fsp3) is 0.529. The van der Waals surface area contributed by atoms with Crippen molar-refractivity contribution in [2.24, 2.45) is 5.73 Å². The molecule has 2 rings (SSSR count). The van der Waals surface area contributed by atoms with E-state index in [0.717, 1.165) is 19.3 Å². The summed E-state index contributed by atoms with van der Waals surface area (Å²) in [6, 6.07) is 7.21. The van der Waals surface area contributed by atoms with Gasteiger partial charge in [0.05, 0.1) is 7.11 Å². The predicted molar refractivity (Wildman–Crippen MR) is 95.6 cm³/mol. The maximum Gasteiger partial charge on any atom is 0.254 e. The van der Waals surface area contributed by atoms with E-state index in [2.05, 4.69) is 5.32 Å². The number of hydrogen-bond donors (Lipinski definition) is 2. The Hall–Kier alpha value is -1.79. The summed E-state index contributed by atoms with van der Waals surface area (Å²) in [5.74, 6) is 0.592. The van der Waals surface area contributed by atoms with Gasteiger partial charge < -0.3 is 20.7 Å². The molecule has 7 heteroatoms. The summed E-state index contributed by atoms with van der Waals surface area (Å²) in [5, 5.41) is 2.87. The van der Waals surface area contributed by atoms with Crippen LogP contribution in [0.4, 0.5) is 0 Å². The zero-order chi connectivity index (χ0) is 16.7. The minimum atomic E-state index is -0.0631. The van der Waals surface area contributed by atoms with Crippen LogP contribution < -0.4 is 15.8 Å². The van der Waals surface area contributed by atoms with Crippen LogP contribution in [-0.2, 0) is 4.79 Å². The van der Waals surface area contributed by atoms with Gasteiger partial charge in [-0.25, -0.2) is 0 Å². The number of ether oxygens (including phenoxy) is 1. The van der Waals surface area contributed by atoms with Crippen molar-refractivity contribution < 1.29 is 14.3 Å². The van der Waals surface area contributed by atoms with Crippen LogP contribution in [0.5, 0.6) is 5.75 Å². The second kappa shape index (κ2) is 10.2. The molecule has 3 N–H and O–H groups in total. The van der Waals surface area contributed by atoms with Gasteiger partial charge in [-0.1, -0.05) is 6.07 Å². The largest absolute Gasteiger partial charge is 0.497 e. The quantitative estimate of drug-likeness (QED) is 0.811. The molecule has 1 aliphatic heterocycles. The van der Waals surface area contributed by atoms with E-state index in [1.807, 2.05) is 17.0 Å². The lowest BCUT2D eigenvalue weighted by molar-refractivity contribution is -0.121. The van der Waals surface area contributed by atoms with Crippen molar-refractivity contribution >= 4 is 24.2 Å². The van der Waals surface area contributed by atoms with Crippen molar-refractivity contribution in [3.05, 3.63) is 29.8 Å². The molecule has 1 atom stereocenters. The highest BCUT2D eigenvalue weighted by Gasteiger charge is 2.27. The molecule has 0 aromatic heterocycles. The monoisotopic (exact) mass is 355 g/mol. The van der Waals surface area contributed by atoms with Crippen LogP contribution in [0, 0.1) is 0 Å². The van der Waals surface area contributed by atoms with Crippen molar-refractivity contribution in [1.29, 1.82) is 0 Å². The highest BCUT2D eigenvalue weighted by Crippen LogP contribution is 2.21. The van der Waals surface area contributed by atoms with Crippen LogP contribution in [0.2, 0.25) is 0 Å². The Bertz CT molecular complexity index is 554. The summed E-state index contributed by atoms with van der Waals surface area (Å²) < 4.78 is 5.19. The summed E-state index contributed by atoms with van der Waals surface area (Å²) in [7, 11) is 1.58. The fourth-order valence-electron chi connectivity index (χ4n) is 2.85. The third-order valence-corrected chi connectivity index (χ3v) is 4.11. The maximum atomic E-state index is 12.8. The third kappa shape index (κ3) is 5.39. The highest BCUT2D eigenvalue weighted by molar-refractivity contribution is 5.95. The zero-order valence-electron chi connectivity index (χ0n) is 14.0. The number of halogens is 1. The molecule has 1 aromatic carbocycles. The van der Waals surface area contributed by atoms with E-state index in [1.165, 1.54) is 0 Å². The van der Waals surface area contributed by atoms with Gasteiger partial charge in [-0.15, -0.1) is 12.4 Å². The van der Waals surface area contributed by atoms with E-state index in [0.29, 0.717) is 37.4 Å². The number of nitrogens with zero attached hydrogens (tertiary/aromatic N) is 1. The number of methoxy groups -OCH3 is 1. The molecular formula is C17H26ClN3O3. The Balaban J connectivity index is 0.00000288. The lowest BCUT2D eigenvalue weighted by Gasteiger charge is -2.36. The minimum Gasteiger partial charge on any atom is -0.497 e. The Morgan fingerprint density at radius 2 is 2.17 bits per heavy atom. The summed E-state index contributed by atoms with van der Waals surface area (Å²) >= 11 is 0. The second-order valence-electron chi connectivity index (χ2n) is 5.72. The predicted octanol–water partition coefficient (Wildman–Crippen LogP) is 1.58. The standard InChI is InChI=1S/C17H25N3O3.ClH/c1-23-15-7-4-5-13(11-15)17(22)20-10-3-2-6-14(20)12-19-16(21)8-9-18;/h4-5,7,11,14H,2-3,6,8-10,12,18H2,1H3,(H,19,21);1H. The number of piperidine rings is 1. The van der Waals surface area contributed by atoms with Crippen LogP contribution in [0.15, 0.2) is 24.3 Å². The number of amides is 2. The van der Waals surface area contributed by atoms with Crippen LogP contribution in [0.1, 0.15) is 36.0 Å². The number of likely N-dealkylation sites (tertiary alicyclic amines) is 1. The Morgan fingerprint density at radius 3 is 2.88 bits per heavy atom. The molecule has 1 aliphatic rings. The summed E-state index contributed by atoms with van der Waals surface area (Å²) in [5.41, 5.74) is 6.00. The van der Waals surface area contributed by atoms with Gasteiger partial charge in [0.1, 0.15) is 5.75 Å². The summed E-state index contributed by atoms with van der Waals surface area (Å²) in [6.07, 6.45) is 3.28. The van der Waals surface area contributed by atoms with E-state index >= 15 is 0 Å². The van der Waals surface area contributed by atoms with Crippen molar-refractivity contribution in [3.8, 4) is 5.75 Å². The molecule has 134 valence electrons. The number of benzene rings is 1. The van der Waals surface area contributed by atoms with E-state index < -0.39 is 0 Å². The van der Waals surface area contributed by atoms with Gasteiger partial charge in [0, 0.05) is 37.7 Å². The minimum absolute atomic E-state index is 0. The zero-order valence-corrected chi connectivity index (χ0v) is 14.8. The molecule has 0 saturated carbocycles. The first kappa shape index (κ1) is 20.3. The molecule has 24 heavy (non-hydrogen) atoms. The topological polar surface area (TPSA) is 84.7 Å². The molecule has 2 amide bonds. The molecular weight excluding hydrogens is 330 g/mol. The van der Waals surface area contributed by atoms with Crippen molar-refractivity contribution in [2.75, 3.05) is 26.7 Å². The maximum absolute atomic E-state index is 12.8. The number of nitrogens with two attached hydrogens (primary N) is 1. The van der Waals surface area contributed by atoms with E-state index in [4.69, 9.17) is 10.5 Å². The molecule has 6 nitrogen and oxygen atoms in total. The molecule has 0 radical (unpaired) electrons. The Kier molecular flexibility index (Phi) is 8.57. The van der Waals surface area contributed by atoms with Gasteiger partial charge in [-0.2, -0.15) is 0 Å². The van der Waals surface area contributed by atoms with Crippen LogP contribution in [0.25, 0.3) is 0 Å². The molecule has 1 saturated heterocycles. The molecule has 1 aromatic rings. The number of carbonyl (C=O) groups is 2. The molecule has 0 bridgehead atoms. The number of nitrogens with one attached hydrogen (secondary N) is 1. The van der Waals surface area contributed by atoms with E-state index in [-0.39, 0.29) is 30.3 Å². The van der Waals surface area contributed by atoms with Crippen LogP contribution >= 0.6 is 12.4 Å². The van der Waals surface area contributed by atoms with Crippen LogP contribution in [0.3, 0.4) is 0 Å². The summed E-state index contributed by atoms with van der Waals surface area (Å²) in [4.78, 5) is 26.3. The first-order valence-corrected chi connectivity index (χ1v) is 8.07. The first-order valence-electron chi connectivity index (χ1n) is 8.07. The average molecular weight is 356 g/mol. The summed E-state index contributed by atoms with van der Waals surface area (Å²) in [6.45, 7) is 1.53. The van der Waals surface area contributed by atoms with Gasteiger partial charge in [-0.3, -0.25) is 9.59 Å². The molecule has 1 fully saturated rings. The van der Waals surface area contributed by atoms with Crippen molar-refractivity contribution in [2.45, 2.75) is 31.7 Å². The average Bonchev–Trinajstić information content (AvgIpc) is 2.60. The van der Waals surface area contributed by atoms with E-state index in [9.17, 15) is 9.59 Å². The van der Waals surface area contributed by atoms with Gasteiger partial charge in [0.25, 0.3) is 5.91 Å². The molecule has 1 heterocycles. The molecule has 0 spiro atoms. The number of hydrogen-bond acceptors (Lipinski definition) is 4. The van der Waals surface area contributed by atoms with Crippen molar-refractivity contribution in [3.63, 3.8) is 0 Å². The van der Waals surface area contributed by atoms with Gasteiger partial charge in [0.2, 0.25) is 5.91 Å². The van der Waals surface area contributed by atoms with Gasteiger partial charge in [-0.05, 0) is 37.5 Å². The van der Waals surface area contributed by atoms with Gasteiger partial charge >= 0.3 is 0 Å². The van der Waals surface area contributed by atoms with Crippen LogP contribution in [-0.4, -0.2) is 49.5 Å². The first-order chi connectivity index (χ1) is 11.2. The normalized spacial score (nSPS) is 16.9. The van der Waals surface area contributed by atoms with Gasteiger partial charge in [0.15, 0.2) is 0 Å². The molecule has 0 aliphatic carbocycles. The SMILES string of the molecule is COc1cccc(C(=O)N2CCCCC2CNC(=O)CCN)c1.Cl. The second-order valence-corrected chi connectivity index (χ2v) is 5.72. The highest BCUT2D eigenvalue weighted by atomic mass is 35.5. The number of rotatable bonds is 6. The lowest BCUT2D eigenvalue weighted by atomic mass is 10.0. The molecule has 1 unspecified atom stereocenters. The Labute approximate surface area is 149 Å². The fourth-order valence-corrected chi connectivity index (χ4v) is 2.85. The smallest absolute Gasteiger partial charge is 0.254 e.